The molecule has 1 aromatic heterocycles. The molecule has 0 aliphatic carbocycles. The van der Waals surface area contributed by atoms with Crippen LogP contribution in [0.3, 0.4) is 0 Å². The molecular weight excluding hydrogens is 534 g/mol. The van der Waals surface area contributed by atoms with E-state index in [-0.39, 0.29) is 25.3 Å². The van der Waals surface area contributed by atoms with Crippen LogP contribution in [0.15, 0.2) is 89.8 Å². The van der Waals surface area contributed by atoms with E-state index in [9.17, 15) is 4.79 Å². The van der Waals surface area contributed by atoms with Crippen molar-refractivity contribution in [2.45, 2.75) is 26.1 Å². The van der Waals surface area contributed by atoms with Crippen molar-refractivity contribution < 1.29 is 19.0 Å². The quantitative estimate of drug-likeness (QED) is 0.206. The number of hydrogen-bond donors (Lipinski definition) is 1. The number of nitrogens with zero attached hydrogens (tertiary/aromatic N) is 2. The summed E-state index contributed by atoms with van der Waals surface area (Å²) in [6.07, 6.45) is 0. The molecule has 1 aliphatic heterocycles. The molecule has 6 rings (SSSR count). The number of carbonyl (C=O) groups excluding carboxylic acids is 1. The summed E-state index contributed by atoms with van der Waals surface area (Å²) >= 11 is 1.59. The highest BCUT2D eigenvalue weighted by Gasteiger charge is 2.17. The van der Waals surface area contributed by atoms with Crippen molar-refractivity contribution in [3.63, 3.8) is 0 Å². The van der Waals surface area contributed by atoms with Crippen molar-refractivity contribution in [2.75, 3.05) is 20.4 Å². The number of rotatable bonds is 10. The van der Waals surface area contributed by atoms with E-state index in [1.807, 2.05) is 61.0 Å². The summed E-state index contributed by atoms with van der Waals surface area (Å²) in [6, 6.07) is 26.2. The predicted molar refractivity (Wildman–Crippen MR) is 161 cm³/mol. The van der Waals surface area contributed by atoms with Gasteiger partial charge in [-0.1, -0.05) is 54.6 Å². The molecule has 0 saturated carbocycles. The topological polar surface area (TPSA) is 72.9 Å². The zero-order valence-electron chi connectivity index (χ0n) is 23.0. The van der Waals surface area contributed by atoms with Crippen LogP contribution in [0.5, 0.6) is 17.2 Å². The second kappa shape index (κ2) is 12.0. The molecule has 1 atom stereocenters. The molecule has 0 bridgehead atoms. The zero-order chi connectivity index (χ0) is 28.2. The molecule has 0 fully saturated rings. The SMILES string of the molecule is CC(NC(=O)COc1ccc(-c2ccc3c(c2)OCO3)cc1CN(C)Cc1cscn1)c1cccc2ccccc12. The summed E-state index contributed by atoms with van der Waals surface area (Å²) in [4.78, 5) is 19.6. The Labute approximate surface area is 243 Å². The molecule has 1 aliphatic rings. The van der Waals surface area contributed by atoms with E-state index in [0.717, 1.165) is 50.2 Å². The van der Waals surface area contributed by atoms with Gasteiger partial charge in [0.1, 0.15) is 5.75 Å². The van der Waals surface area contributed by atoms with E-state index in [2.05, 4.69) is 58.0 Å². The molecule has 5 aromatic rings. The van der Waals surface area contributed by atoms with E-state index >= 15 is 0 Å². The number of carbonyl (C=O) groups is 1. The van der Waals surface area contributed by atoms with Gasteiger partial charge in [0.25, 0.3) is 5.91 Å². The van der Waals surface area contributed by atoms with Crippen LogP contribution in [-0.2, 0) is 17.9 Å². The first-order valence-corrected chi connectivity index (χ1v) is 14.5. The van der Waals surface area contributed by atoms with Crippen LogP contribution in [-0.4, -0.2) is 36.2 Å². The number of thiazole rings is 1. The minimum atomic E-state index is -0.174. The van der Waals surface area contributed by atoms with Crippen molar-refractivity contribution >= 4 is 28.0 Å². The van der Waals surface area contributed by atoms with E-state index in [1.165, 1.54) is 0 Å². The Morgan fingerprint density at radius 2 is 1.80 bits per heavy atom. The largest absolute Gasteiger partial charge is 0.483 e. The number of hydrogen-bond acceptors (Lipinski definition) is 7. The number of nitrogens with one attached hydrogen (secondary N) is 1. The normalized spacial score (nSPS) is 13.0. The molecule has 41 heavy (non-hydrogen) atoms. The molecule has 0 radical (unpaired) electrons. The fraction of sp³-hybridized carbons (Fsp3) is 0.212. The second-order valence-corrected chi connectivity index (χ2v) is 10.9. The lowest BCUT2D eigenvalue weighted by molar-refractivity contribution is -0.123. The minimum absolute atomic E-state index is 0.0821. The van der Waals surface area contributed by atoms with Gasteiger partial charge in [-0.15, -0.1) is 11.3 Å². The van der Waals surface area contributed by atoms with Crippen LogP contribution in [0.4, 0.5) is 0 Å². The molecule has 4 aromatic carbocycles. The summed E-state index contributed by atoms with van der Waals surface area (Å²) in [5.41, 5.74) is 6.97. The highest BCUT2D eigenvalue weighted by molar-refractivity contribution is 7.07. The maximum atomic E-state index is 13.0. The number of amides is 1. The van der Waals surface area contributed by atoms with Crippen LogP contribution < -0.4 is 19.5 Å². The monoisotopic (exact) mass is 565 g/mol. The van der Waals surface area contributed by atoms with Crippen LogP contribution >= 0.6 is 11.3 Å². The zero-order valence-corrected chi connectivity index (χ0v) is 23.8. The van der Waals surface area contributed by atoms with Gasteiger partial charge in [0.2, 0.25) is 6.79 Å². The maximum Gasteiger partial charge on any atom is 0.258 e. The van der Waals surface area contributed by atoms with E-state index < -0.39 is 0 Å². The fourth-order valence-electron chi connectivity index (χ4n) is 5.17. The van der Waals surface area contributed by atoms with Crippen LogP contribution in [0.2, 0.25) is 0 Å². The molecule has 1 unspecified atom stereocenters. The first-order chi connectivity index (χ1) is 20.0. The fourth-order valence-corrected chi connectivity index (χ4v) is 5.72. The van der Waals surface area contributed by atoms with Crippen molar-refractivity contribution in [3.8, 4) is 28.4 Å². The van der Waals surface area contributed by atoms with Crippen molar-refractivity contribution in [1.82, 2.24) is 15.2 Å². The van der Waals surface area contributed by atoms with Gasteiger partial charge in [0, 0.05) is 24.0 Å². The first kappa shape index (κ1) is 26.8. The Morgan fingerprint density at radius 3 is 2.68 bits per heavy atom. The molecule has 0 spiro atoms. The summed E-state index contributed by atoms with van der Waals surface area (Å²) in [6.45, 7) is 3.49. The van der Waals surface area contributed by atoms with Gasteiger partial charge in [0.05, 0.1) is 17.2 Å². The number of fused-ring (bicyclic) bond motifs is 2. The third kappa shape index (κ3) is 6.19. The lowest BCUT2D eigenvalue weighted by atomic mass is 10.00. The first-order valence-electron chi connectivity index (χ1n) is 13.5. The van der Waals surface area contributed by atoms with Crippen LogP contribution in [0, 0.1) is 0 Å². The summed E-state index contributed by atoms with van der Waals surface area (Å²) < 4.78 is 17.2. The molecule has 1 N–H and O–H groups in total. The second-order valence-electron chi connectivity index (χ2n) is 10.2. The van der Waals surface area contributed by atoms with Crippen molar-refractivity contribution in [1.29, 1.82) is 0 Å². The van der Waals surface area contributed by atoms with Gasteiger partial charge in [-0.05, 0) is 65.7 Å². The molecule has 2 heterocycles. The Hall–Kier alpha value is -4.40. The average Bonchev–Trinajstić information content (AvgIpc) is 3.68. The standard InChI is InChI=1S/C33H31N3O4S/c1-22(28-9-5-7-23-6-3-4-8-29(23)28)35-33(37)18-38-30-12-10-24(25-11-13-31-32(15-25)40-21-39-31)14-26(30)16-36(2)17-27-19-41-20-34-27/h3-15,19-20,22H,16-18,21H2,1-2H3,(H,35,37). The van der Waals surface area contributed by atoms with Gasteiger partial charge in [0.15, 0.2) is 18.1 Å². The van der Waals surface area contributed by atoms with Gasteiger partial charge in [-0.3, -0.25) is 9.69 Å². The third-order valence-electron chi connectivity index (χ3n) is 7.15. The summed E-state index contributed by atoms with van der Waals surface area (Å²) in [7, 11) is 2.05. The highest BCUT2D eigenvalue weighted by atomic mass is 32.1. The lowest BCUT2D eigenvalue weighted by Gasteiger charge is -2.20. The number of aromatic nitrogens is 1. The maximum absolute atomic E-state index is 13.0. The van der Waals surface area contributed by atoms with E-state index in [1.54, 1.807) is 11.3 Å². The molecular formula is C33H31N3O4S. The Balaban J connectivity index is 1.19. The van der Waals surface area contributed by atoms with Crippen molar-refractivity contribution in [2.24, 2.45) is 0 Å². The highest BCUT2D eigenvalue weighted by Crippen LogP contribution is 2.37. The summed E-state index contributed by atoms with van der Waals surface area (Å²) in [5, 5.41) is 7.44. The van der Waals surface area contributed by atoms with Gasteiger partial charge in [-0.2, -0.15) is 0 Å². The molecule has 7 nitrogen and oxygen atoms in total. The Morgan fingerprint density at radius 1 is 1.00 bits per heavy atom. The number of benzene rings is 4. The van der Waals surface area contributed by atoms with Crippen LogP contribution in [0.1, 0.15) is 29.8 Å². The average molecular weight is 566 g/mol. The molecule has 1 amide bonds. The van der Waals surface area contributed by atoms with Crippen LogP contribution in [0.25, 0.3) is 21.9 Å². The predicted octanol–water partition coefficient (Wildman–Crippen LogP) is 6.58. The van der Waals surface area contributed by atoms with Crippen molar-refractivity contribution in [3.05, 3.63) is 107 Å². The smallest absolute Gasteiger partial charge is 0.258 e. The molecule has 0 saturated heterocycles. The molecule has 208 valence electrons. The van der Waals surface area contributed by atoms with Gasteiger partial charge >= 0.3 is 0 Å². The Bertz CT molecular complexity index is 1670. The summed E-state index contributed by atoms with van der Waals surface area (Å²) in [5.74, 6) is 1.99. The van der Waals surface area contributed by atoms with E-state index in [4.69, 9.17) is 14.2 Å². The Kier molecular flexibility index (Phi) is 7.84. The molecule has 8 heteroatoms. The van der Waals surface area contributed by atoms with Gasteiger partial charge < -0.3 is 19.5 Å². The minimum Gasteiger partial charge on any atom is -0.483 e. The third-order valence-corrected chi connectivity index (χ3v) is 7.78. The number of ether oxygens (including phenoxy) is 3. The lowest BCUT2D eigenvalue weighted by Crippen LogP contribution is -2.31. The van der Waals surface area contributed by atoms with Gasteiger partial charge in [-0.25, -0.2) is 4.98 Å². The van der Waals surface area contributed by atoms with E-state index in [0.29, 0.717) is 18.8 Å².